The minimum atomic E-state index is -0.709. The number of carbonyl (C=O) groups excluding carboxylic acids is 2. The first kappa shape index (κ1) is 17.2. The second kappa shape index (κ2) is 8.44. The lowest BCUT2D eigenvalue weighted by Crippen LogP contribution is -2.42. The molecule has 0 bridgehead atoms. The molecule has 5 heteroatoms. The molecule has 22 heavy (non-hydrogen) atoms. The van der Waals surface area contributed by atoms with Crippen molar-refractivity contribution in [3.05, 3.63) is 48.0 Å². The number of hydrogen-bond acceptors (Lipinski definition) is 5. The molecule has 0 fully saturated rings. The summed E-state index contributed by atoms with van der Waals surface area (Å²) in [5, 5.41) is 0. The van der Waals surface area contributed by atoms with E-state index in [1.165, 1.54) is 0 Å². The first-order chi connectivity index (χ1) is 10.7. The van der Waals surface area contributed by atoms with E-state index in [-0.39, 0.29) is 18.5 Å². The van der Waals surface area contributed by atoms with Gasteiger partial charge in [-0.25, -0.2) is 4.79 Å². The molecule has 0 saturated carbocycles. The summed E-state index contributed by atoms with van der Waals surface area (Å²) in [5.41, 5.74) is 0.968. The van der Waals surface area contributed by atoms with Crippen LogP contribution in [0.1, 0.15) is 18.9 Å². The van der Waals surface area contributed by atoms with E-state index in [1.807, 2.05) is 49.4 Å². The summed E-state index contributed by atoms with van der Waals surface area (Å²) in [4.78, 5) is 23.7. The highest BCUT2D eigenvalue weighted by atomic mass is 32.2. The topological polar surface area (TPSA) is 43.4 Å². The second-order valence-electron chi connectivity index (χ2n) is 4.91. The molecule has 0 N–H and O–H groups in total. The Morgan fingerprint density at radius 3 is 2.91 bits per heavy atom. The van der Waals surface area contributed by atoms with Crippen LogP contribution >= 0.6 is 23.5 Å². The molecule has 2 rings (SSSR count). The number of esters is 1. The van der Waals surface area contributed by atoms with Crippen LogP contribution in [-0.2, 0) is 20.9 Å². The summed E-state index contributed by atoms with van der Waals surface area (Å²) in [5.74, 6) is 1.22. The number of hydrogen-bond donors (Lipinski definition) is 0. The summed E-state index contributed by atoms with van der Waals surface area (Å²) in [6.07, 6.45) is 5.24. The number of allylic oxidation sites excluding steroid dienone is 1. The van der Waals surface area contributed by atoms with Crippen molar-refractivity contribution in [1.82, 2.24) is 0 Å². The second-order valence-corrected chi connectivity index (χ2v) is 7.94. The molecular weight excluding hydrogens is 316 g/mol. The predicted octanol–water partition coefficient (Wildman–Crippen LogP) is 3.69. The number of carbonyl (C=O) groups is 2. The van der Waals surface area contributed by atoms with E-state index in [0.29, 0.717) is 6.42 Å². The van der Waals surface area contributed by atoms with Crippen molar-refractivity contribution < 1.29 is 14.3 Å². The zero-order valence-electron chi connectivity index (χ0n) is 12.6. The lowest BCUT2D eigenvalue weighted by atomic mass is 10.00. The molecule has 1 aromatic rings. The maximum absolute atomic E-state index is 12.8. The van der Waals surface area contributed by atoms with Crippen LogP contribution in [0.25, 0.3) is 0 Å². The highest BCUT2D eigenvalue weighted by molar-refractivity contribution is 8.19. The first-order valence-corrected chi connectivity index (χ1v) is 9.29. The highest BCUT2D eigenvalue weighted by Gasteiger charge is 2.47. The van der Waals surface area contributed by atoms with Gasteiger partial charge in [0.05, 0.1) is 0 Å². The van der Waals surface area contributed by atoms with Gasteiger partial charge in [-0.2, -0.15) is 0 Å². The predicted molar refractivity (Wildman–Crippen MR) is 92.9 cm³/mol. The zero-order valence-corrected chi connectivity index (χ0v) is 14.2. The average Bonchev–Trinajstić information content (AvgIpc) is 2.56. The SMILES string of the molecule is CCS[C@]1(C(=O)OCc2ccccc2)SCC=C[C@H]1CC=O. The van der Waals surface area contributed by atoms with E-state index >= 15 is 0 Å². The number of ether oxygens (including phenoxy) is 1. The molecule has 0 saturated heterocycles. The molecule has 0 aliphatic carbocycles. The largest absolute Gasteiger partial charge is 0.459 e. The van der Waals surface area contributed by atoms with Gasteiger partial charge in [0.25, 0.3) is 0 Å². The van der Waals surface area contributed by atoms with Gasteiger partial charge in [-0.1, -0.05) is 49.4 Å². The van der Waals surface area contributed by atoms with Gasteiger partial charge in [0.15, 0.2) is 4.08 Å². The van der Waals surface area contributed by atoms with Crippen LogP contribution in [0.3, 0.4) is 0 Å². The van der Waals surface area contributed by atoms with Gasteiger partial charge in [0.1, 0.15) is 12.9 Å². The van der Waals surface area contributed by atoms with Gasteiger partial charge in [-0.3, -0.25) is 0 Å². The van der Waals surface area contributed by atoms with Gasteiger partial charge in [0, 0.05) is 18.1 Å². The standard InChI is InChI=1S/C17H20O3S2/c1-2-21-17(15(10-11-18)9-6-12-22-17)16(19)20-13-14-7-4-3-5-8-14/h3-9,11,15H,2,10,12-13H2,1H3/t15-,17-/m0/s1. The van der Waals surface area contributed by atoms with Crippen molar-refractivity contribution in [3.63, 3.8) is 0 Å². The van der Waals surface area contributed by atoms with Crippen LogP contribution < -0.4 is 0 Å². The highest BCUT2D eigenvalue weighted by Crippen LogP contribution is 2.48. The van der Waals surface area contributed by atoms with Gasteiger partial charge in [-0.15, -0.1) is 23.5 Å². The molecule has 0 spiro atoms. The summed E-state index contributed by atoms with van der Waals surface area (Å²) < 4.78 is 4.86. The Kier molecular flexibility index (Phi) is 6.58. The Labute approximate surface area is 139 Å². The average molecular weight is 336 g/mol. The third-order valence-corrected chi connectivity index (χ3v) is 6.61. The molecule has 3 nitrogen and oxygen atoms in total. The van der Waals surface area contributed by atoms with Crippen molar-refractivity contribution in [1.29, 1.82) is 0 Å². The number of rotatable bonds is 7. The molecule has 0 amide bonds. The third kappa shape index (κ3) is 3.96. The van der Waals surface area contributed by atoms with Crippen molar-refractivity contribution in [3.8, 4) is 0 Å². The Bertz CT molecular complexity index is 530. The molecule has 0 radical (unpaired) electrons. The van der Waals surface area contributed by atoms with E-state index < -0.39 is 4.08 Å². The molecule has 1 heterocycles. The van der Waals surface area contributed by atoms with Gasteiger partial charge in [-0.05, 0) is 11.3 Å². The normalized spacial score (nSPS) is 24.0. The zero-order chi connectivity index (χ0) is 15.8. The maximum Gasteiger partial charge on any atom is 0.333 e. The van der Waals surface area contributed by atoms with Crippen molar-refractivity contribution in [2.24, 2.45) is 5.92 Å². The molecule has 1 aliphatic rings. The Morgan fingerprint density at radius 2 is 2.23 bits per heavy atom. The van der Waals surface area contributed by atoms with Crippen molar-refractivity contribution >= 4 is 35.8 Å². The summed E-state index contributed by atoms with van der Waals surface area (Å²) in [6.45, 7) is 2.29. The van der Waals surface area contributed by atoms with Crippen LogP contribution in [-0.4, -0.2) is 27.8 Å². The van der Waals surface area contributed by atoms with Gasteiger partial charge >= 0.3 is 5.97 Å². The molecule has 0 unspecified atom stereocenters. The fourth-order valence-corrected chi connectivity index (χ4v) is 5.32. The first-order valence-electron chi connectivity index (χ1n) is 7.32. The lowest BCUT2D eigenvalue weighted by molar-refractivity contribution is -0.146. The Hall–Kier alpha value is -1.20. The monoisotopic (exact) mass is 336 g/mol. The van der Waals surface area contributed by atoms with Crippen LogP contribution in [0.4, 0.5) is 0 Å². The van der Waals surface area contributed by atoms with E-state index in [0.717, 1.165) is 23.4 Å². The smallest absolute Gasteiger partial charge is 0.333 e. The van der Waals surface area contributed by atoms with E-state index in [9.17, 15) is 9.59 Å². The van der Waals surface area contributed by atoms with E-state index in [4.69, 9.17) is 4.74 Å². The Balaban J connectivity index is 2.13. The molecule has 118 valence electrons. The molecule has 0 aromatic heterocycles. The van der Waals surface area contributed by atoms with E-state index in [2.05, 4.69) is 0 Å². The van der Waals surface area contributed by atoms with Crippen LogP contribution in [0.5, 0.6) is 0 Å². The minimum absolute atomic E-state index is 0.114. The quantitative estimate of drug-likeness (QED) is 0.432. The number of thioether (sulfide) groups is 2. The van der Waals surface area contributed by atoms with Crippen molar-refractivity contribution in [2.45, 2.75) is 24.0 Å². The number of aldehydes is 1. The van der Waals surface area contributed by atoms with Crippen molar-refractivity contribution in [2.75, 3.05) is 11.5 Å². The number of benzene rings is 1. The van der Waals surface area contributed by atoms with Crippen LogP contribution in [0.15, 0.2) is 42.5 Å². The third-order valence-electron chi connectivity index (χ3n) is 3.46. The fraction of sp³-hybridized carbons (Fsp3) is 0.412. The Morgan fingerprint density at radius 1 is 1.45 bits per heavy atom. The summed E-state index contributed by atoms with van der Waals surface area (Å²) >= 11 is 3.14. The van der Waals surface area contributed by atoms with Crippen LogP contribution in [0, 0.1) is 5.92 Å². The molecule has 1 aliphatic heterocycles. The molecule has 1 aromatic carbocycles. The maximum atomic E-state index is 12.8. The lowest BCUT2D eigenvalue weighted by Gasteiger charge is -2.37. The van der Waals surface area contributed by atoms with Crippen LogP contribution in [0.2, 0.25) is 0 Å². The van der Waals surface area contributed by atoms with Gasteiger partial charge in [0.2, 0.25) is 0 Å². The summed E-state index contributed by atoms with van der Waals surface area (Å²) in [6, 6.07) is 9.65. The molecular formula is C17H20O3S2. The molecule has 2 atom stereocenters. The summed E-state index contributed by atoms with van der Waals surface area (Å²) in [7, 11) is 0. The fourth-order valence-electron chi connectivity index (χ4n) is 2.42. The minimum Gasteiger partial charge on any atom is -0.459 e. The van der Waals surface area contributed by atoms with E-state index in [1.54, 1.807) is 23.5 Å². The van der Waals surface area contributed by atoms with Gasteiger partial charge < -0.3 is 9.53 Å².